The number of benzene rings is 1. The largest absolute Gasteiger partial charge is 0.496 e. The number of ether oxygens (including phenoxy) is 1. The van der Waals surface area contributed by atoms with Gasteiger partial charge in [0, 0.05) is 31.9 Å². The fourth-order valence-corrected chi connectivity index (χ4v) is 2.85. The molecule has 0 aliphatic rings. The Kier molecular flexibility index (Phi) is 5.20. The molecule has 2 aromatic rings. The van der Waals surface area contributed by atoms with Gasteiger partial charge in [-0.15, -0.1) is 0 Å². The number of methoxy groups -OCH3 is 1. The number of nitrogens with zero attached hydrogens (tertiary/aromatic N) is 2. The molecule has 1 atom stereocenters. The van der Waals surface area contributed by atoms with E-state index in [4.69, 9.17) is 4.74 Å². The van der Waals surface area contributed by atoms with Crippen LogP contribution >= 0.6 is 15.9 Å². The minimum absolute atomic E-state index is 0.300. The van der Waals surface area contributed by atoms with E-state index in [0.29, 0.717) is 6.04 Å². The molecule has 108 valence electrons. The fraction of sp³-hybridized carbons (Fsp3) is 0.400. The first-order chi connectivity index (χ1) is 9.65. The van der Waals surface area contributed by atoms with Crippen molar-refractivity contribution in [1.29, 1.82) is 0 Å². The maximum Gasteiger partial charge on any atom is 0.133 e. The smallest absolute Gasteiger partial charge is 0.133 e. The van der Waals surface area contributed by atoms with Crippen molar-refractivity contribution in [2.75, 3.05) is 14.2 Å². The first-order valence-electron chi connectivity index (χ1n) is 6.62. The quantitative estimate of drug-likeness (QED) is 0.880. The van der Waals surface area contributed by atoms with Crippen molar-refractivity contribution in [3.05, 3.63) is 46.5 Å². The number of hydrogen-bond donors (Lipinski definition) is 1. The Bertz CT molecular complexity index is 568. The summed E-state index contributed by atoms with van der Waals surface area (Å²) < 4.78 is 8.31. The molecular formula is C15H20BrN3O. The van der Waals surface area contributed by atoms with Gasteiger partial charge in [-0.25, -0.2) is 4.98 Å². The van der Waals surface area contributed by atoms with Gasteiger partial charge in [0.25, 0.3) is 0 Å². The second kappa shape index (κ2) is 6.90. The van der Waals surface area contributed by atoms with Crippen LogP contribution in [0.25, 0.3) is 0 Å². The molecule has 0 amide bonds. The van der Waals surface area contributed by atoms with Crippen molar-refractivity contribution in [2.45, 2.75) is 18.9 Å². The van der Waals surface area contributed by atoms with E-state index in [1.165, 1.54) is 5.56 Å². The predicted molar refractivity (Wildman–Crippen MR) is 84.0 cm³/mol. The number of nitrogens with one attached hydrogen (secondary N) is 1. The second-order valence-corrected chi connectivity index (χ2v) is 5.58. The summed E-state index contributed by atoms with van der Waals surface area (Å²) in [5.41, 5.74) is 1.24. The Morgan fingerprint density at radius 2 is 2.25 bits per heavy atom. The van der Waals surface area contributed by atoms with Gasteiger partial charge >= 0.3 is 0 Å². The Morgan fingerprint density at radius 3 is 2.80 bits per heavy atom. The van der Waals surface area contributed by atoms with Gasteiger partial charge in [-0.2, -0.15) is 0 Å². The third kappa shape index (κ3) is 3.41. The molecule has 1 N–H and O–H groups in total. The van der Waals surface area contributed by atoms with Gasteiger partial charge in [0.2, 0.25) is 0 Å². The zero-order chi connectivity index (χ0) is 14.5. The van der Waals surface area contributed by atoms with Gasteiger partial charge in [-0.1, -0.05) is 6.07 Å². The maximum absolute atomic E-state index is 5.27. The topological polar surface area (TPSA) is 39.1 Å². The molecular weight excluding hydrogens is 318 g/mol. The summed E-state index contributed by atoms with van der Waals surface area (Å²) in [6.45, 7) is 0. The fourth-order valence-electron chi connectivity index (χ4n) is 2.29. The van der Waals surface area contributed by atoms with Crippen molar-refractivity contribution in [1.82, 2.24) is 14.9 Å². The summed E-state index contributed by atoms with van der Waals surface area (Å²) in [4.78, 5) is 4.37. The van der Waals surface area contributed by atoms with E-state index in [1.54, 1.807) is 7.11 Å². The first kappa shape index (κ1) is 15.1. The van der Waals surface area contributed by atoms with Crippen molar-refractivity contribution < 1.29 is 4.74 Å². The summed E-state index contributed by atoms with van der Waals surface area (Å²) in [7, 11) is 5.69. The van der Waals surface area contributed by atoms with E-state index in [1.807, 2.05) is 32.6 Å². The zero-order valence-electron chi connectivity index (χ0n) is 12.1. The molecule has 20 heavy (non-hydrogen) atoms. The summed E-state index contributed by atoms with van der Waals surface area (Å²) >= 11 is 3.54. The molecule has 0 fully saturated rings. The van der Waals surface area contributed by atoms with Gasteiger partial charge in [0.15, 0.2) is 0 Å². The van der Waals surface area contributed by atoms with Gasteiger partial charge < -0.3 is 14.6 Å². The number of imidazole rings is 1. The zero-order valence-corrected chi connectivity index (χ0v) is 13.6. The lowest BCUT2D eigenvalue weighted by molar-refractivity contribution is 0.411. The van der Waals surface area contributed by atoms with Crippen molar-refractivity contribution in [2.24, 2.45) is 7.05 Å². The highest BCUT2D eigenvalue weighted by Crippen LogP contribution is 2.29. The average Bonchev–Trinajstić information content (AvgIpc) is 2.85. The summed E-state index contributed by atoms with van der Waals surface area (Å²) in [6.07, 6.45) is 5.76. The van der Waals surface area contributed by atoms with Crippen LogP contribution < -0.4 is 10.1 Å². The minimum Gasteiger partial charge on any atom is -0.496 e. The maximum atomic E-state index is 5.27. The average molecular weight is 338 g/mol. The molecule has 0 aliphatic heterocycles. The monoisotopic (exact) mass is 337 g/mol. The molecule has 1 heterocycles. The van der Waals surface area contributed by atoms with Crippen molar-refractivity contribution in [3.63, 3.8) is 0 Å². The highest BCUT2D eigenvalue weighted by Gasteiger charge is 2.12. The molecule has 2 rings (SSSR count). The number of rotatable bonds is 6. The van der Waals surface area contributed by atoms with Crippen molar-refractivity contribution in [3.8, 4) is 5.75 Å². The van der Waals surface area contributed by atoms with Crippen LogP contribution in [0.3, 0.4) is 0 Å². The number of aryl methyl sites for hydroxylation is 2. The van der Waals surface area contributed by atoms with E-state index in [2.05, 4.69) is 42.9 Å². The molecule has 1 unspecified atom stereocenters. The lowest BCUT2D eigenvalue weighted by Gasteiger charge is -2.17. The molecule has 0 saturated heterocycles. The molecule has 0 aliphatic carbocycles. The molecule has 0 radical (unpaired) electrons. The molecule has 0 bridgehead atoms. The lowest BCUT2D eigenvalue weighted by atomic mass is 10.0. The van der Waals surface area contributed by atoms with Crippen LogP contribution in [-0.2, 0) is 13.5 Å². The van der Waals surface area contributed by atoms with Crippen LogP contribution in [0.2, 0.25) is 0 Å². The standard InChI is InChI=1S/C15H20BrN3O/c1-17-13(5-7-15-18-8-9-19(15)2)11-4-6-14(20-3)12(16)10-11/h4,6,8-10,13,17H,5,7H2,1-3H3. The van der Waals surface area contributed by atoms with Crippen LogP contribution in [0.1, 0.15) is 23.9 Å². The third-order valence-electron chi connectivity index (χ3n) is 3.50. The second-order valence-electron chi connectivity index (χ2n) is 4.73. The Hall–Kier alpha value is -1.33. The van der Waals surface area contributed by atoms with Crippen LogP contribution in [0.4, 0.5) is 0 Å². The number of hydrogen-bond acceptors (Lipinski definition) is 3. The van der Waals surface area contributed by atoms with E-state index >= 15 is 0 Å². The minimum atomic E-state index is 0.300. The molecule has 5 heteroatoms. The molecule has 1 aromatic heterocycles. The summed E-state index contributed by atoms with van der Waals surface area (Å²) in [6, 6.07) is 6.50. The summed E-state index contributed by atoms with van der Waals surface area (Å²) in [5, 5.41) is 3.37. The number of aromatic nitrogens is 2. The highest BCUT2D eigenvalue weighted by molar-refractivity contribution is 9.10. The Labute approximate surface area is 128 Å². The summed E-state index contributed by atoms with van der Waals surface area (Å²) in [5.74, 6) is 1.96. The van der Waals surface area contributed by atoms with E-state index in [0.717, 1.165) is 28.9 Å². The van der Waals surface area contributed by atoms with E-state index in [-0.39, 0.29) is 0 Å². The van der Waals surface area contributed by atoms with Gasteiger partial charge in [-0.05, 0) is 47.1 Å². The molecule has 1 aromatic carbocycles. The third-order valence-corrected chi connectivity index (χ3v) is 4.12. The van der Waals surface area contributed by atoms with E-state index in [9.17, 15) is 0 Å². The van der Waals surface area contributed by atoms with Crippen LogP contribution in [0.15, 0.2) is 35.1 Å². The highest BCUT2D eigenvalue weighted by atomic mass is 79.9. The molecule has 0 spiro atoms. The number of halogens is 1. The van der Waals surface area contributed by atoms with Gasteiger partial charge in [0.1, 0.15) is 11.6 Å². The first-order valence-corrected chi connectivity index (χ1v) is 7.42. The Morgan fingerprint density at radius 1 is 1.45 bits per heavy atom. The SMILES string of the molecule is CNC(CCc1nccn1C)c1ccc(OC)c(Br)c1. The normalized spacial score (nSPS) is 12.4. The molecule has 4 nitrogen and oxygen atoms in total. The van der Waals surface area contributed by atoms with Crippen LogP contribution in [0.5, 0.6) is 5.75 Å². The molecule has 0 saturated carbocycles. The van der Waals surface area contributed by atoms with Gasteiger partial charge in [0.05, 0.1) is 11.6 Å². The van der Waals surface area contributed by atoms with Crippen molar-refractivity contribution >= 4 is 15.9 Å². The Balaban J connectivity index is 2.08. The van der Waals surface area contributed by atoms with Gasteiger partial charge in [-0.3, -0.25) is 0 Å². The predicted octanol–water partition coefficient (Wildman–Crippen LogP) is 3.08. The lowest BCUT2D eigenvalue weighted by Crippen LogP contribution is -2.17. The van der Waals surface area contributed by atoms with Crippen LogP contribution in [-0.4, -0.2) is 23.7 Å². The van der Waals surface area contributed by atoms with E-state index < -0.39 is 0 Å². The van der Waals surface area contributed by atoms with Crippen LogP contribution in [0, 0.1) is 0 Å².